The van der Waals surface area contributed by atoms with E-state index in [0.717, 1.165) is 0 Å². The Bertz CT molecular complexity index is 398. The van der Waals surface area contributed by atoms with Gasteiger partial charge in [0.2, 0.25) is 0 Å². The summed E-state index contributed by atoms with van der Waals surface area (Å²) in [6, 6.07) is 0. The summed E-state index contributed by atoms with van der Waals surface area (Å²) in [4.78, 5) is 7.69. The van der Waals surface area contributed by atoms with Gasteiger partial charge in [0.25, 0.3) is 0 Å². The number of aromatic nitrogens is 5. The molecule has 5 nitrogen and oxygen atoms in total. The lowest BCUT2D eigenvalue weighted by Gasteiger charge is -1.87. The predicted molar refractivity (Wildman–Crippen MR) is 47.5 cm³/mol. The van der Waals surface area contributed by atoms with Gasteiger partial charge in [-0.3, -0.25) is 0 Å². The van der Waals surface area contributed by atoms with E-state index in [4.69, 9.17) is 11.6 Å². The molecular weight excluding hydrogens is 280 g/mol. The van der Waals surface area contributed by atoms with Gasteiger partial charge in [-0.05, 0) is 0 Å². The molecule has 0 aliphatic carbocycles. The number of nitrogens with zero attached hydrogens (tertiary/aromatic N) is 5. The molecule has 0 saturated heterocycles. The minimum Gasteiger partial charge on any atom is -0.222 e. The Kier molecular flexibility index (Phi) is 1.64. The molecule has 0 fully saturated rings. The SMILES string of the molecule is Clc1ncnc2c1nnn2I. The monoisotopic (exact) mass is 281 g/mol. The Morgan fingerprint density at radius 3 is 3.00 bits per heavy atom. The number of hydrogen-bond acceptors (Lipinski definition) is 4. The molecular formula is C4HClIN5. The molecule has 0 aliphatic rings. The largest absolute Gasteiger partial charge is 0.222 e. The maximum absolute atomic E-state index is 5.70. The molecule has 0 saturated carbocycles. The molecule has 11 heavy (non-hydrogen) atoms. The van der Waals surface area contributed by atoms with Crippen LogP contribution in [-0.4, -0.2) is 23.2 Å². The fourth-order valence-electron chi connectivity index (χ4n) is 0.696. The summed E-state index contributed by atoms with van der Waals surface area (Å²) in [5.74, 6) is 0. The molecule has 0 aromatic carbocycles. The van der Waals surface area contributed by atoms with Gasteiger partial charge in [0.05, 0.1) is 22.9 Å². The number of halogens is 2. The Hall–Kier alpha value is -0.500. The molecule has 0 bridgehead atoms. The summed E-state index contributed by atoms with van der Waals surface area (Å²) in [5.41, 5.74) is 1.16. The van der Waals surface area contributed by atoms with E-state index >= 15 is 0 Å². The third-order valence-corrected chi connectivity index (χ3v) is 2.08. The van der Waals surface area contributed by atoms with Crippen molar-refractivity contribution in [2.24, 2.45) is 0 Å². The van der Waals surface area contributed by atoms with Gasteiger partial charge in [-0.1, -0.05) is 16.8 Å². The highest BCUT2D eigenvalue weighted by Gasteiger charge is 2.06. The van der Waals surface area contributed by atoms with Crippen LogP contribution in [0.2, 0.25) is 5.15 Å². The van der Waals surface area contributed by atoms with Crippen LogP contribution in [-0.2, 0) is 0 Å². The van der Waals surface area contributed by atoms with Crippen molar-refractivity contribution >= 4 is 45.6 Å². The fourth-order valence-corrected chi connectivity index (χ4v) is 1.31. The lowest BCUT2D eigenvalue weighted by Crippen LogP contribution is -1.85. The van der Waals surface area contributed by atoms with Gasteiger partial charge in [0.1, 0.15) is 6.33 Å². The summed E-state index contributed by atoms with van der Waals surface area (Å²) in [7, 11) is 0. The minimum atomic E-state index is 0.331. The Morgan fingerprint density at radius 2 is 2.27 bits per heavy atom. The van der Waals surface area contributed by atoms with Gasteiger partial charge in [-0.15, -0.1) is 5.10 Å². The van der Waals surface area contributed by atoms with Gasteiger partial charge in [0, 0.05) is 0 Å². The Balaban J connectivity index is 2.94. The van der Waals surface area contributed by atoms with Crippen LogP contribution in [0.15, 0.2) is 6.33 Å². The molecule has 2 rings (SSSR count). The van der Waals surface area contributed by atoms with Crippen LogP contribution in [0, 0.1) is 0 Å². The van der Waals surface area contributed by atoms with Crippen LogP contribution in [0.5, 0.6) is 0 Å². The number of rotatable bonds is 0. The van der Waals surface area contributed by atoms with Gasteiger partial charge in [-0.25, -0.2) is 9.97 Å². The van der Waals surface area contributed by atoms with Crippen molar-refractivity contribution in [3.8, 4) is 0 Å². The summed E-state index contributed by atoms with van der Waals surface area (Å²) in [5, 5.41) is 7.82. The molecule has 2 aromatic heterocycles. The highest BCUT2D eigenvalue weighted by molar-refractivity contribution is 14.1. The number of hydrogen-bond donors (Lipinski definition) is 0. The van der Waals surface area contributed by atoms with Crippen LogP contribution in [0.3, 0.4) is 0 Å². The lowest BCUT2D eigenvalue weighted by atomic mass is 10.6. The van der Waals surface area contributed by atoms with Gasteiger partial charge < -0.3 is 0 Å². The van der Waals surface area contributed by atoms with E-state index in [-0.39, 0.29) is 0 Å². The quantitative estimate of drug-likeness (QED) is 0.535. The van der Waals surface area contributed by atoms with Crippen molar-refractivity contribution in [2.45, 2.75) is 0 Å². The van der Waals surface area contributed by atoms with Gasteiger partial charge in [-0.2, -0.15) is 2.90 Å². The molecule has 0 radical (unpaired) electrons. The highest BCUT2D eigenvalue weighted by atomic mass is 127. The topological polar surface area (TPSA) is 56.5 Å². The first-order chi connectivity index (χ1) is 5.29. The van der Waals surface area contributed by atoms with Crippen molar-refractivity contribution in [3.63, 3.8) is 0 Å². The third kappa shape index (κ3) is 1.06. The number of fused-ring (bicyclic) bond motifs is 1. The summed E-state index contributed by atoms with van der Waals surface area (Å²) < 4.78 is 1.51. The summed E-state index contributed by atoms with van der Waals surface area (Å²) >= 11 is 7.66. The van der Waals surface area contributed by atoms with E-state index < -0.39 is 0 Å². The summed E-state index contributed by atoms with van der Waals surface area (Å²) in [6.45, 7) is 0. The zero-order chi connectivity index (χ0) is 7.84. The first kappa shape index (κ1) is 7.17. The van der Waals surface area contributed by atoms with Crippen molar-refractivity contribution in [3.05, 3.63) is 11.5 Å². The molecule has 0 unspecified atom stereocenters. The fraction of sp³-hybridized carbons (Fsp3) is 0. The zero-order valence-corrected chi connectivity index (χ0v) is 7.98. The van der Waals surface area contributed by atoms with Crippen LogP contribution >= 0.6 is 34.5 Å². The van der Waals surface area contributed by atoms with E-state index in [1.807, 2.05) is 22.9 Å². The van der Waals surface area contributed by atoms with E-state index in [9.17, 15) is 0 Å². The second kappa shape index (κ2) is 2.52. The molecule has 2 heterocycles. The zero-order valence-electron chi connectivity index (χ0n) is 5.07. The Labute approximate surface area is 80.3 Å². The molecule has 0 N–H and O–H groups in total. The molecule has 0 amide bonds. The van der Waals surface area contributed by atoms with E-state index in [0.29, 0.717) is 16.3 Å². The smallest absolute Gasteiger partial charge is 0.193 e. The molecule has 56 valence electrons. The third-order valence-electron chi connectivity index (χ3n) is 1.16. The van der Waals surface area contributed by atoms with Crippen LogP contribution in [0.25, 0.3) is 11.2 Å². The van der Waals surface area contributed by atoms with Crippen molar-refractivity contribution in [1.29, 1.82) is 0 Å². The van der Waals surface area contributed by atoms with Crippen molar-refractivity contribution in [1.82, 2.24) is 23.2 Å². The molecule has 0 spiro atoms. The highest BCUT2D eigenvalue weighted by Crippen LogP contribution is 2.16. The first-order valence-corrected chi connectivity index (χ1v) is 4.01. The Morgan fingerprint density at radius 1 is 1.45 bits per heavy atom. The van der Waals surface area contributed by atoms with E-state index in [1.165, 1.54) is 9.22 Å². The predicted octanol–water partition coefficient (Wildman–Crippen LogP) is 1.07. The van der Waals surface area contributed by atoms with Gasteiger partial charge in [0.15, 0.2) is 16.3 Å². The molecule has 0 atom stereocenters. The average molecular weight is 281 g/mol. The maximum atomic E-state index is 5.70. The lowest BCUT2D eigenvalue weighted by molar-refractivity contribution is 0.933. The van der Waals surface area contributed by atoms with E-state index in [2.05, 4.69) is 20.3 Å². The average Bonchev–Trinajstić information content (AvgIpc) is 2.35. The molecule has 0 aliphatic heterocycles. The second-order valence-electron chi connectivity index (χ2n) is 1.79. The molecule has 7 heteroatoms. The minimum absolute atomic E-state index is 0.331. The second-order valence-corrected chi connectivity index (χ2v) is 3.06. The maximum Gasteiger partial charge on any atom is 0.193 e. The summed E-state index contributed by atoms with van der Waals surface area (Å²) in [6.07, 6.45) is 1.38. The van der Waals surface area contributed by atoms with Crippen molar-refractivity contribution in [2.75, 3.05) is 0 Å². The standard InChI is InChI=1S/C4HClIN5/c5-3-2-4(8-1-7-3)11(6)10-9-2/h1H. The normalized spacial score (nSPS) is 10.7. The van der Waals surface area contributed by atoms with Crippen molar-refractivity contribution < 1.29 is 0 Å². The first-order valence-electron chi connectivity index (χ1n) is 2.67. The van der Waals surface area contributed by atoms with Crippen LogP contribution < -0.4 is 0 Å². The van der Waals surface area contributed by atoms with Gasteiger partial charge >= 0.3 is 0 Å². The van der Waals surface area contributed by atoms with Crippen LogP contribution in [0.1, 0.15) is 0 Å². The molecule has 2 aromatic rings. The van der Waals surface area contributed by atoms with E-state index in [1.54, 1.807) is 0 Å². The van der Waals surface area contributed by atoms with Crippen LogP contribution in [0.4, 0.5) is 0 Å².